The largest absolute Gasteiger partial charge is 0.506 e. The first-order valence-corrected chi connectivity index (χ1v) is 16.8. The van der Waals surface area contributed by atoms with Gasteiger partial charge in [0.05, 0.1) is 30.1 Å². The molecule has 5 atom stereocenters. The van der Waals surface area contributed by atoms with Gasteiger partial charge in [0, 0.05) is 42.9 Å². The summed E-state index contributed by atoms with van der Waals surface area (Å²) in [6.07, 6.45) is 3.36. The van der Waals surface area contributed by atoms with Crippen LogP contribution in [0.2, 0.25) is 0 Å². The fraction of sp³-hybridized carbons (Fsp3) is 0.325. The summed E-state index contributed by atoms with van der Waals surface area (Å²) in [5, 5.41) is 35.6. The number of carbonyl (C=O) groups excluding carboxylic acids is 3. The number of rotatable bonds is 6. The van der Waals surface area contributed by atoms with Crippen molar-refractivity contribution in [2.45, 2.75) is 58.5 Å². The molecule has 3 aromatic rings. The van der Waals surface area contributed by atoms with Crippen LogP contribution in [0.15, 0.2) is 89.6 Å². The molecular formula is C40H47N3O9. The fourth-order valence-electron chi connectivity index (χ4n) is 6.35. The second kappa shape index (κ2) is 17.2. The van der Waals surface area contributed by atoms with Crippen LogP contribution in [0.4, 0.5) is 16.2 Å². The van der Waals surface area contributed by atoms with Crippen molar-refractivity contribution in [2.24, 2.45) is 11.7 Å². The Morgan fingerprint density at radius 3 is 2.38 bits per heavy atom. The van der Waals surface area contributed by atoms with Crippen LogP contribution >= 0.6 is 0 Å². The fourth-order valence-corrected chi connectivity index (χ4v) is 6.35. The molecule has 2 bridgehead atoms. The molecule has 7 N–H and O–H groups in total. The number of fused-ring (bicyclic) bond motifs is 3. The van der Waals surface area contributed by atoms with Crippen molar-refractivity contribution in [3.05, 3.63) is 101 Å². The Hall–Kier alpha value is -5.43. The number of amides is 2. The highest BCUT2D eigenvalue weighted by Crippen LogP contribution is 2.43. The summed E-state index contributed by atoms with van der Waals surface area (Å²) in [6, 6.07) is 13.8. The topological polar surface area (TPSA) is 195 Å². The van der Waals surface area contributed by atoms with E-state index in [1.807, 2.05) is 30.3 Å². The lowest BCUT2D eigenvalue weighted by atomic mass is 9.91. The maximum atomic E-state index is 14.3. The first-order valence-electron chi connectivity index (χ1n) is 16.8. The molecule has 0 aliphatic carbocycles. The molecule has 1 aliphatic heterocycles. The average Bonchev–Trinajstić information content (AvgIpc) is 3.12. The number of Topliss-reactive ketones (excluding diaryl/α,β-unsaturated/α-hetero) is 1. The first-order chi connectivity index (χ1) is 24.7. The highest BCUT2D eigenvalue weighted by atomic mass is 16.6. The van der Waals surface area contributed by atoms with Crippen LogP contribution < -0.4 is 16.4 Å². The third kappa shape index (κ3) is 8.89. The van der Waals surface area contributed by atoms with E-state index in [4.69, 9.17) is 25.7 Å². The number of nitrogen functional groups attached to an aromatic ring is 1. The number of phenolic OH excluding ortho intramolecular Hbond substituents is 2. The summed E-state index contributed by atoms with van der Waals surface area (Å²) in [5.74, 6) is -2.44. The molecule has 0 radical (unpaired) electrons. The molecule has 0 saturated carbocycles. The van der Waals surface area contributed by atoms with Gasteiger partial charge in [-0.25, -0.2) is 4.79 Å². The number of carbonyl (C=O) groups is 3. The molecule has 4 rings (SSSR count). The van der Waals surface area contributed by atoms with E-state index in [9.17, 15) is 29.7 Å². The molecule has 2 amide bonds. The van der Waals surface area contributed by atoms with Gasteiger partial charge in [-0.05, 0) is 49.6 Å². The van der Waals surface area contributed by atoms with Crippen LogP contribution in [0.1, 0.15) is 50.0 Å². The number of ketones is 1. The standard InChI is InChI=1S/C40H47N3O9/c1-22-17-29-35(41)31(44)20-30(37(29)47)43(21-32(45)28-15-10-13-26-12-7-8-14-27(26)28)39(48)23(2)11-9-16-33(50-5)38(52-40(42)49)25(4)19-24(3)36(46)34(18-22)51-6/h7-17,19-20,24,33-34,36,38,44,46-47H,18,21,41H2,1-6H3,(H2,42,49)/t24-,33-,34-,36+,38-/m0/s1. The van der Waals surface area contributed by atoms with Gasteiger partial charge in [0.25, 0.3) is 5.91 Å². The number of aliphatic hydroxyl groups is 1. The molecule has 0 unspecified atom stereocenters. The van der Waals surface area contributed by atoms with Crippen molar-refractivity contribution in [3.63, 3.8) is 0 Å². The number of allylic oxidation sites excluding steroid dienone is 2. The number of primary amides is 1. The number of ether oxygens (including phenoxy) is 3. The summed E-state index contributed by atoms with van der Waals surface area (Å²) < 4.78 is 16.7. The zero-order valence-electron chi connectivity index (χ0n) is 30.2. The number of benzene rings is 3. The van der Waals surface area contributed by atoms with Crippen LogP contribution in [0.25, 0.3) is 16.8 Å². The number of anilines is 2. The quantitative estimate of drug-likeness (QED) is 0.0686. The van der Waals surface area contributed by atoms with Crippen LogP contribution in [-0.4, -0.2) is 78.3 Å². The number of hydrogen-bond acceptors (Lipinski definition) is 10. The molecule has 1 aliphatic rings. The van der Waals surface area contributed by atoms with Gasteiger partial charge in [-0.2, -0.15) is 0 Å². The van der Waals surface area contributed by atoms with Gasteiger partial charge in [0.2, 0.25) is 0 Å². The van der Waals surface area contributed by atoms with Crippen molar-refractivity contribution in [1.82, 2.24) is 0 Å². The van der Waals surface area contributed by atoms with Gasteiger partial charge in [-0.3, -0.25) is 14.5 Å². The number of methoxy groups -OCH3 is 2. The predicted molar refractivity (Wildman–Crippen MR) is 201 cm³/mol. The number of aliphatic hydroxyl groups excluding tert-OH is 1. The third-order valence-electron chi connectivity index (χ3n) is 9.17. The zero-order chi connectivity index (χ0) is 38.3. The Balaban J connectivity index is 1.93. The Morgan fingerprint density at radius 1 is 1.02 bits per heavy atom. The minimum Gasteiger partial charge on any atom is -0.506 e. The predicted octanol–water partition coefficient (Wildman–Crippen LogP) is 5.80. The molecule has 12 nitrogen and oxygen atoms in total. The number of nitrogens with two attached hydrogens (primary N) is 2. The van der Waals surface area contributed by atoms with Crippen LogP contribution in [0, 0.1) is 5.92 Å². The summed E-state index contributed by atoms with van der Waals surface area (Å²) in [6.45, 7) is 6.25. The minimum absolute atomic E-state index is 0.0184. The smallest absolute Gasteiger partial charge is 0.405 e. The molecule has 0 aromatic heterocycles. The Bertz CT molecular complexity index is 1940. The highest BCUT2D eigenvalue weighted by Gasteiger charge is 2.30. The lowest BCUT2D eigenvalue weighted by molar-refractivity contribution is -0.115. The Labute approximate surface area is 303 Å². The van der Waals surface area contributed by atoms with E-state index in [2.05, 4.69) is 0 Å². The van der Waals surface area contributed by atoms with Crippen LogP contribution in [0.3, 0.4) is 0 Å². The number of nitrogens with zero attached hydrogens (tertiary/aromatic N) is 1. The summed E-state index contributed by atoms with van der Waals surface area (Å²) in [5.41, 5.74) is 13.1. The van der Waals surface area contributed by atoms with Crippen molar-refractivity contribution in [2.75, 3.05) is 31.4 Å². The second-order valence-corrected chi connectivity index (χ2v) is 13.0. The van der Waals surface area contributed by atoms with E-state index in [0.29, 0.717) is 22.1 Å². The summed E-state index contributed by atoms with van der Waals surface area (Å²) in [7, 11) is 2.87. The molecule has 0 spiro atoms. The van der Waals surface area contributed by atoms with Crippen molar-refractivity contribution in [1.29, 1.82) is 0 Å². The van der Waals surface area contributed by atoms with Crippen molar-refractivity contribution in [3.8, 4) is 11.5 Å². The van der Waals surface area contributed by atoms with E-state index >= 15 is 0 Å². The number of hydrogen-bond donors (Lipinski definition) is 5. The molecule has 12 heteroatoms. The van der Waals surface area contributed by atoms with Gasteiger partial charge in [-0.15, -0.1) is 0 Å². The van der Waals surface area contributed by atoms with Gasteiger partial charge in [0.15, 0.2) is 11.9 Å². The molecule has 276 valence electrons. The zero-order valence-corrected chi connectivity index (χ0v) is 30.2. The van der Waals surface area contributed by atoms with Gasteiger partial charge in [0.1, 0.15) is 17.6 Å². The van der Waals surface area contributed by atoms with Crippen LogP contribution in [0.5, 0.6) is 11.5 Å². The highest BCUT2D eigenvalue weighted by molar-refractivity contribution is 6.15. The van der Waals surface area contributed by atoms with Gasteiger partial charge < -0.3 is 41.0 Å². The van der Waals surface area contributed by atoms with E-state index in [0.717, 1.165) is 16.4 Å². The summed E-state index contributed by atoms with van der Waals surface area (Å²) in [4.78, 5) is 41.3. The molecule has 52 heavy (non-hydrogen) atoms. The first kappa shape index (κ1) is 39.4. The molecule has 0 saturated heterocycles. The third-order valence-corrected chi connectivity index (χ3v) is 9.17. The second-order valence-electron chi connectivity index (χ2n) is 13.0. The van der Waals surface area contributed by atoms with E-state index in [1.54, 1.807) is 45.1 Å². The van der Waals surface area contributed by atoms with E-state index in [-0.39, 0.29) is 28.9 Å². The molecule has 1 heterocycles. The minimum atomic E-state index is -1.04. The normalized spacial score (nSPS) is 22.1. The lowest BCUT2D eigenvalue weighted by Gasteiger charge is -2.28. The lowest BCUT2D eigenvalue weighted by Crippen LogP contribution is -2.36. The number of aromatic hydroxyl groups is 2. The Morgan fingerprint density at radius 2 is 1.71 bits per heavy atom. The SMILES string of the molecule is CO[C@H]1C=CC=C(C)C(=O)N(CC(=O)c2cccc3ccccc23)c2cc(O)c(N)c(c2O)C=C(C)C[C@H](OC)[C@H](O)[C@@H](C)C=C(C)[C@@H]1OC(N)=O. The van der Waals surface area contributed by atoms with Crippen molar-refractivity contribution >= 4 is 46.0 Å². The molecular weight excluding hydrogens is 666 g/mol. The molecule has 3 aromatic carbocycles. The molecule has 0 fully saturated rings. The van der Waals surface area contributed by atoms with Crippen molar-refractivity contribution < 1.29 is 43.9 Å². The summed E-state index contributed by atoms with van der Waals surface area (Å²) >= 11 is 0. The number of phenols is 2. The maximum Gasteiger partial charge on any atom is 0.405 e. The van der Waals surface area contributed by atoms with Crippen LogP contribution in [-0.2, 0) is 19.0 Å². The van der Waals surface area contributed by atoms with E-state index in [1.165, 1.54) is 39.4 Å². The average molecular weight is 714 g/mol. The monoisotopic (exact) mass is 713 g/mol. The Kier molecular flexibility index (Phi) is 13.0. The maximum absolute atomic E-state index is 14.3. The van der Waals surface area contributed by atoms with E-state index < -0.39 is 66.2 Å². The van der Waals surface area contributed by atoms with Gasteiger partial charge >= 0.3 is 6.09 Å². The van der Waals surface area contributed by atoms with Gasteiger partial charge in [-0.1, -0.05) is 79.3 Å².